The first-order valence-electron chi connectivity index (χ1n) is 10.3. The summed E-state index contributed by atoms with van der Waals surface area (Å²) >= 11 is 0. The van der Waals surface area contributed by atoms with Crippen molar-refractivity contribution in [2.24, 2.45) is 5.92 Å². The summed E-state index contributed by atoms with van der Waals surface area (Å²) in [6.07, 6.45) is 3.80. The summed E-state index contributed by atoms with van der Waals surface area (Å²) in [4.78, 5) is 29.4. The number of nitrogens with one attached hydrogen (secondary N) is 1. The van der Waals surface area contributed by atoms with Crippen molar-refractivity contribution in [3.05, 3.63) is 40.3 Å². The summed E-state index contributed by atoms with van der Waals surface area (Å²) in [5.74, 6) is 0.913. The molecule has 1 aromatic heterocycles. The number of hydrogen-bond donors (Lipinski definition) is 1. The minimum atomic E-state index is -0.453. The standard InChI is InChI=1S/C20H25N5O5/c26-20(21-12-17-5-2-10-29-17)14-6-8-24(9-7-14)13-18-22-19(23-30-18)15-3-1-4-16(11-15)25(27)28/h1,3-4,11,14,17H,2,5-10,12-13H2,(H,21,26)/t17-/m1/s1. The predicted octanol–water partition coefficient (Wildman–Crippen LogP) is 2.15. The second-order valence-corrected chi connectivity index (χ2v) is 7.75. The molecule has 160 valence electrons. The first-order valence-corrected chi connectivity index (χ1v) is 10.3. The zero-order valence-corrected chi connectivity index (χ0v) is 16.7. The second-order valence-electron chi connectivity index (χ2n) is 7.75. The van der Waals surface area contributed by atoms with E-state index in [0.717, 1.165) is 45.4 Å². The van der Waals surface area contributed by atoms with Crippen LogP contribution in [-0.2, 0) is 16.1 Å². The van der Waals surface area contributed by atoms with Crippen molar-refractivity contribution in [1.29, 1.82) is 0 Å². The molecule has 2 aliphatic rings. The van der Waals surface area contributed by atoms with Gasteiger partial charge in [0, 0.05) is 36.8 Å². The first-order chi connectivity index (χ1) is 14.6. The normalized spacial score (nSPS) is 20.3. The second kappa shape index (κ2) is 9.31. The number of rotatable bonds is 7. The predicted molar refractivity (Wildman–Crippen MR) is 106 cm³/mol. The summed E-state index contributed by atoms with van der Waals surface area (Å²) in [5, 5.41) is 17.9. The SMILES string of the molecule is O=C(NC[C@H]1CCCO1)C1CCN(Cc2nc(-c3cccc([N+](=O)[O-])c3)no2)CC1. The van der Waals surface area contributed by atoms with Crippen molar-refractivity contribution < 1.29 is 19.0 Å². The van der Waals surface area contributed by atoms with Crippen LogP contribution in [0.1, 0.15) is 31.6 Å². The maximum absolute atomic E-state index is 12.4. The van der Waals surface area contributed by atoms with E-state index in [-0.39, 0.29) is 23.6 Å². The van der Waals surface area contributed by atoms with Gasteiger partial charge in [0.1, 0.15) is 0 Å². The summed E-state index contributed by atoms with van der Waals surface area (Å²) in [5.41, 5.74) is 0.527. The van der Waals surface area contributed by atoms with Crippen LogP contribution in [0.25, 0.3) is 11.4 Å². The number of nitro groups is 1. The van der Waals surface area contributed by atoms with Gasteiger partial charge >= 0.3 is 0 Å². The van der Waals surface area contributed by atoms with E-state index < -0.39 is 4.92 Å². The number of piperidine rings is 1. The van der Waals surface area contributed by atoms with Crippen molar-refractivity contribution >= 4 is 11.6 Å². The molecule has 10 nitrogen and oxygen atoms in total. The van der Waals surface area contributed by atoms with Gasteiger partial charge in [-0.05, 0) is 38.8 Å². The Balaban J connectivity index is 1.26. The number of carbonyl (C=O) groups is 1. The van der Waals surface area contributed by atoms with Gasteiger partial charge in [-0.3, -0.25) is 19.8 Å². The highest BCUT2D eigenvalue weighted by atomic mass is 16.6. The number of ether oxygens (including phenoxy) is 1. The van der Waals surface area contributed by atoms with Gasteiger partial charge in [-0.1, -0.05) is 17.3 Å². The fourth-order valence-electron chi connectivity index (χ4n) is 3.90. The van der Waals surface area contributed by atoms with E-state index in [1.54, 1.807) is 12.1 Å². The molecule has 0 spiro atoms. The van der Waals surface area contributed by atoms with Crippen LogP contribution in [0, 0.1) is 16.0 Å². The number of non-ortho nitro benzene ring substituents is 1. The zero-order chi connectivity index (χ0) is 20.9. The van der Waals surface area contributed by atoms with E-state index in [0.29, 0.717) is 30.4 Å². The largest absolute Gasteiger partial charge is 0.376 e. The van der Waals surface area contributed by atoms with Crippen molar-refractivity contribution in [3.8, 4) is 11.4 Å². The molecule has 0 bridgehead atoms. The van der Waals surface area contributed by atoms with Gasteiger partial charge in [-0.15, -0.1) is 0 Å². The van der Waals surface area contributed by atoms with Crippen LogP contribution < -0.4 is 5.32 Å². The van der Waals surface area contributed by atoms with E-state index in [9.17, 15) is 14.9 Å². The molecule has 3 heterocycles. The molecule has 1 atom stereocenters. The third kappa shape index (κ3) is 5.00. The molecule has 1 amide bonds. The topological polar surface area (TPSA) is 124 Å². The number of nitro benzene ring substituents is 1. The number of hydrogen-bond acceptors (Lipinski definition) is 8. The van der Waals surface area contributed by atoms with Gasteiger partial charge in [0.2, 0.25) is 17.6 Å². The van der Waals surface area contributed by atoms with E-state index >= 15 is 0 Å². The van der Waals surface area contributed by atoms with Crippen molar-refractivity contribution in [2.75, 3.05) is 26.2 Å². The molecule has 10 heteroatoms. The lowest BCUT2D eigenvalue weighted by Crippen LogP contribution is -2.42. The number of benzene rings is 1. The van der Waals surface area contributed by atoms with Crippen molar-refractivity contribution in [3.63, 3.8) is 0 Å². The van der Waals surface area contributed by atoms with Crippen LogP contribution in [0.4, 0.5) is 5.69 Å². The van der Waals surface area contributed by atoms with E-state index in [1.807, 2.05) is 0 Å². The Kier molecular flexibility index (Phi) is 6.34. The molecular formula is C20H25N5O5. The Bertz CT molecular complexity index is 887. The van der Waals surface area contributed by atoms with E-state index in [1.165, 1.54) is 12.1 Å². The van der Waals surface area contributed by atoms with Gasteiger partial charge < -0.3 is 14.6 Å². The lowest BCUT2D eigenvalue weighted by atomic mass is 9.96. The highest BCUT2D eigenvalue weighted by Gasteiger charge is 2.27. The average Bonchev–Trinajstić information content (AvgIpc) is 3.45. The molecule has 0 radical (unpaired) electrons. The van der Waals surface area contributed by atoms with Gasteiger partial charge in [0.15, 0.2) is 0 Å². The van der Waals surface area contributed by atoms with Crippen LogP contribution in [-0.4, -0.2) is 58.2 Å². The van der Waals surface area contributed by atoms with Crippen LogP contribution in [0.5, 0.6) is 0 Å². The molecule has 4 rings (SSSR count). The van der Waals surface area contributed by atoms with Gasteiger partial charge in [0.25, 0.3) is 5.69 Å². The molecule has 2 fully saturated rings. The Morgan fingerprint density at radius 1 is 1.30 bits per heavy atom. The molecular weight excluding hydrogens is 390 g/mol. The molecule has 0 aliphatic carbocycles. The monoisotopic (exact) mass is 415 g/mol. The summed E-state index contributed by atoms with van der Waals surface area (Å²) < 4.78 is 10.9. The number of amides is 1. The van der Waals surface area contributed by atoms with Crippen LogP contribution >= 0.6 is 0 Å². The van der Waals surface area contributed by atoms with Gasteiger partial charge in [-0.2, -0.15) is 4.98 Å². The average molecular weight is 415 g/mol. The van der Waals surface area contributed by atoms with E-state index in [2.05, 4.69) is 20.4 Å². The highest BCUT2D eigenvalue weighted by molar-refractivity contribution is 5.78. The molecule has 2 aromatic rings. The summed E-state index contributed by atoms with van der Waals surface area (Å²) in [6.45, 7) is 3.42. The third-order valence-corrected chi connectivity index (χ3v) is 5.63. The smallest absolute Gasteiger partial charge is 0.270 e. The number of nitrogens with zero attached hydrogens (tertiary/aromatic N) is 4. The number of likely N-dealkylation sites (tertiary alicyclic amines) is 1. The zero-order valence-electron chi connectivity index (χ0n) is 16.7. The first kappa shape index (κ1) is 20.4. The lowest BCUT2D eigenvalue weighted by Gasteiger charge is -2.30. The van der Waals surface area contributed by atoms with Crippen molar-refractivity contribution in [2.45, 2.75) is 38.3 Å². The Morgan fingerprint density at radius 2 is 2.13 bits per heavy atom. The fraction of sp³-hybridized carbons (Fsp3) is 0.550. The third-order valence-electron chi connectivity index (χ3n) is 5.63. The van der Waals surface area contributed by atoms with Crippen LogP contribution in [0.15, 0.2) is 28.8 Å². The number of aromatic nitrogens is 2. The highest BCUT2D eigenvalue weighted by Crippen LogP contribution is 2.23. The maximum atomic E-state index is 12.4. The molecule has 0 unspecified atom stereocenters. The van der Waals surface area contributed by atoms with Crippen LogP contribution in [0.3, 0.4) is 0 Å². The molecule has 30 heavy (non-hydrogen) atoms. The van der Waals surface area contributed by atoms with E-state index in [4.69, 9.17) is 9.26 Å². The minimum absolute atomic E-state index is 0.0151. The van der Waals surface area contributed by atoms with Gasteiger partial charge in [-0.25, -0.2) is 0 Å². The molecule has 1 N–H and O–H groups in total. The summed E-state index contributed by atoms with van der Waals surface area (Å²) in [7, 11) is 0. The summed E-state index contributed by atoms with van der Waals surface area (Å²) in [6, 6.07) is 6.15. The van der Waals surface area contributed by atoms with Gasteiger partial charge in [0.05, 0.1) is 17.6 Å². The van der Waals surface area contributed by atoms with Crippen molar-refractivity contribution in [1.82, 2.24) is 20.4 Å². The maximum Gasteiger partial charge on any atom is 0.270 e. The Labute approximate surface area is 173 Å². The van der Waals surface area contributed by atoms with Crippen LogP contribution in [0.2, 0.25) is 0 Å². The number of carbonyl (C=O) groups excluding carboxylic acids is 1. The molecule has 2 aliphatic heterocycles. The lowest BCUT2D eigenvalue weighted by molar-refractivity contribution is -0.384. The molecule has 1 aromatic carbocycles. The fourth-order valence-corrected chi connectivity index (χ4v) is 3.90. The Hall–Kier alpha value is -2.85. The molecule has 0 saturated carbocycles. The minimum Gasteiger partial charge on any atom is -0.376 e. The quantitative estimate of drug-likeness (QED) is 0.539. The molecule has 2 saturated heterocycles. The Morgan fingerprint density at radius 3 is 2.87 bits per heavy atom.